The van der Waals surface area contributed by atoms with Gasteiger partial charge < -0.3 is 9.47 Å². The fraction of sp³-hybridized carbons (Fsp3) is 0.212. The average molecular weight is 485 g/mol. The van der Waals surface area contributed by atoms with Crippen LogP contribution in [0.3, 0.4) is 0 Å². The number of benzene rings is 4. The fourth-order valence-corrected chi connectivity index (χ4v) is 5.94. The van der Waals surface area contributed by atoms with Gasteiger partial charge in [0.1, 0.15) is 30.7 Å². The van der Waals surface area contributed by atoms with E-state index in [4.69, 9.17) is 19.5 Å². The Kier molecular flexibility index (Phi) is 5.39. The van der Waals surface area contributed by atoms with Crippen LogP contribution in [0.25, 0.3) is 11.1 Å². The molecule has 2 heterocycles. The van der Waals surface area contributed by atoms with Crippen molar-refractivity contribution in [3.8, 4) is 11.1 Å². The summed E-state index contributed by atoms with van der Waals surface area (Å²) in [6.07, 6.45) is 1.44. The Labute approximate surface area is 217 Å². The van der Waals surface area contributed by atoms with Crippen molar-refractivity contribution < 1.29 is 9.47 Å². The Bertz CT molecular complexity index is 1380. The molecule has 4 nitrogen and oxygen atoms in total. The lowest BCUT2D eigenvalue weighted by Gasteiger charge is -2.31. The molecule has 0 unspecified atom stereocenters. The largest absolute Gasteiger partial charge is 0.478 e. The lowest BCUT2D eigenvalue weighted by atomic mass is 9.77. The van der Waals surface area contributed by atoms with Gasteiger partial charge in [0.05, 0.1) is 0 Å². The standard InChI is InChI=1S/C33H28N2O2/c1-3-11-23(12-4-1)29-21-36-31(34-29)33(32-35-30(22-37-32)24-13-5-2-6-14-24)19-25-15-7-9-17-27(25)28-18-10-8-16-26(28)20-33/h1-18,29-30H,19-22H2/t29-,30-/m1/s1. The van der Waals surface area contributed by atoms with Crippen LogP contribution in [-0.4, -0.2) is 25.0 Å². The van der Waals surface area contributed by atoms with Crippen molar-refractivity contribution in [1.82, 2.24) is 0 Å². The van der Waals surface area contributed by atoms with Gasteiger partial charge >= 0.3 is 0 Å². The minimum Gasteiger partial charge on any atom is -0.478 e. The smallest absolute Gasteiger partial charge is 0.200 e. The van der Waals surface area contributed by atoms with Gasteiger partial charge in [0.15, 0.2) is 0 Å². The van der Waals surface area contributed by atoms with Crippen LogP contribution in [0, 0.1) is 5.41 Å². The van der Waals surface area contributed by atoms with Crippen molar-refractivity contribution in [3.63, 3.8) is 0 Å². The third kappa shape index (κ3) is 3.84. The molecular weight excluding hydrogens is 456 g/mol. The maximum atomic E-state index is 6.49. The van der Waals surface area contributed by atoms with Gasteiger partial charge in [-0.2, -0.15) is 0 Å². The molecule has 0 fully saturated rings. The maximum Gasteiger partial charge on any atom is 0.200 e. The first-order valence-electron chi connectivity index (χ1n) is 13.0. The van der Waals surface area contributed by atoms with Crippen LogP contribution in [0.2, 0.25) is 0 Å². The van der Waals surface area contributed by atoms with Crippen LogP contribution in [0.5, 0.6) is 0 Å². The quantitative estimate of drug-likeness (QED) is 0.320. The zero-order valence-corrected chi connectivity index (χ0v) is 20.6. The monoisotopic (exact) mass is 484 g/mol. The minimum atomic E-state index is -0.615. The molecule has 1 aliphatic carbocycles. The predicted octanol–water partition coefficient (Wildman–Crippen LogP) is 6.78. The highest BCUT2D eigenvalue weighted by molar-refractivity contribution is 6.07. The van der Waals surface area contributed by atoms with Crippen LogP contribution in [0.1, 0.15) is 34.3 Å². The van der Waals surface area contributed by atoms with E-state index in [9.17, 15) is 0 Å². The molecule has 2 aliphatic heterocycles. The molecule has 2 atom stereocenters. The molecule has 0 bridgehead atoms. The minimum absolute atomic E-state index is 0.0336. The first-order valence-corrected chi connectivity index (χ1v) is 13.0. The van der Waals surface area contributed by atoms with Crippen LogP contribution in [-0.2, 0) is 22.3 Å². The van der Waals surface area contributed by atoms with Crippen molar-refractivity contribution in [1.29, 1.82) is 0 Å². The van der Waals surface area contributed by atoms with Crippen LogP contribution in [0.4, 0.5) is 0 Å². The number of rotatable bonds is 4. The number of nitrogens with zero attached hydrogens (tertiary/aromatic N) is 2. The summed E-state index contributed by atoms with van der Waals surface area (Å²) >= 11 is 0. The van der Waals surface area contributed by atoms with E-state index in [1.807, 2.05) is 12.1 Å². The molecular formula is C33H28N2O2. The molecule has 0 radical (unpaired) electrons. The van der Waals surface area contributed by atoms with E-state index >= 15 is 0 Å². The normalized spacial score (nSPS) is 21.5. The van der Waals surface area contributed by atoms with E-state index in [1.54, 1.807) is 0 Å². The van der Waals surface area contributed by atoms with Gasteiger partial charge in [-0.15, -0.1) is 0 Å². The van der Waals surface area contributed by atoms with Gasteiger partial charge in [-0.3, -0.25) is 0 Å². The number of fused-ring (bicyclic) bond motifs is 3. The molecule has 0 aromatic heterocycles. The first-order chi connectivity index (χ1) is 18.3. The topological polar surface area (TPSA) is 43.2 Å². The summed E-state index contributed by atoms with van der Waals surface area (Å²) in [5.41, 5.74) is 6.76. The third-order valence-electron chi connectivity index (χ3n) is 7.80. The summed E-state index contributed by atoms with van der Waals surface area (Å²) in [4.78, 5) is 10.4. The molecule has 182 valence electrons. The Balaban J connectivity index is 1.40. The summed E-state index contributed by atoms with van der Waals surface area (Å²) in [7, 11) is 0. The zero-order valence-electron chi connectivity index (χ0n) is 20.6. The Morgan fingerprint density at radius 3 is 1.38 bits per heavy atom. The van der Waals surface area contributed by atoms with E-state index in [1.165, 1.54) is 33.4 Å². The van der Waals surface area contributed by atoms with Crippen LogP contribution in [0.15, 0.2) is 119 Å². The maximum absolute atomic E-state index is 6.49. The lowest BCUT2D eigenvalue weighted by molar-refractivity contribution is 0.250. The van der Waals surface area contributed by atoms with Gasteiger partial charge in [-0.25, -0.2) is 9.98 Å². The highest BCUT2D eigenvalue weighted by Crippen LogP contribution is 2.46. The summed E-state index contributed by atoms with van der Waals surface area (Å²) in [5, 5.41) is 0. The van der Waals surface area contributed by atoms with Crippen molar-refractivity contribution in [2.24, 2.45) is 15.4 Å². The highest BCUT2D eigenvalue weighted by atomic mass is 16.5. The molecule has 0 spiro atoms. The van der Waals surface area contributed by atoms with Crippen LogP contribution >= 0.6 is 0 Å². The van der Waals surface area contributed by atoms with E-state index in [0.717, 1.165) is 24.6 Å². The number of hydrogen-bond acceptors (Lipinski definition) is 4. The molecule has 4 aromatic rings. The molecule has 4 heteroatoms. The molecule has 0 N–H and O–H groups in total. The van der Waals surface area contributed by atoms with Crippen molar-refractivity contribution in [2.75, 3.05) is 13.2 Å². The lowest BCUT2D eigenvalue weighted by Crippen LogP contribution is -2.43. The van der Waals surface area contributed by atoms with E-state index in [2.05, 4.69) is 97.1 Å². The number of hydrogen-bond donors (Lipinski definition) is 0. The van der Waals surface area contributed by atoms with Crippen LogP contribution < -0.4 is 0 Å². The van der Waals surface area contributed by atoms with E-state index in [0.29, 0.717) is 13.2 Å². The Morgan fingerprint density at radius 1 is 0.514 bits per heavy atom. The number of aliphatic imine (C=N–C) groups is 2. The molecule has 37 heavy (non-hydrogen) atoms. The predicted molar refractivity (Wildman–Crippen MR) is 147 cm³/mol. The second kappa shape index (κ2) is 9.04. The summed E-state index contributed by atoms with van der Waals surface area (Å²) < 4.78 is 13.0. The SMILES string of the molecule is c1ccc([C@H]2COC(C3(C4=N[C@@H](c5ccccc5)CO4)Cc4ccccc4-c4ccccc4C3)=N2)cc1. The van der Waals surface area contributed by atoms with Gasteiger partial charge in [0.25, 0.3) is 0 Å². The van der Waals surface area contributed by atoms with E-state index < -0.39 is 5.41 Å². The van der Waals surface area contributed by atoms with Crippen molar-refractivity contribution >= 4 is 11.8 Å². The number of ether oxygens (including phenoxy) is 2. The summed E-state index contributed by atoms with van der Waals surface area (Å²) in [6, 6.07) is 38.1. The molecule has 0 saturated carbocycles. The molecule has 0 saturated heterocycles. The second-order valence-corrected chi connectivity index (χ2v) is 10.1. The zero-order chi connectivity index (χ0) is 24.7. The Hall–Kier alpha value is -4.18. The third-order valence-corrected chi connectivity index (χ3v) is 7.80. The van der Waals surface area contributed by atoms with Gasteiger partial charge in [-0.05, 0) is 46.2 Å². The van der Waals surface area contributed by atoms with Crippen molar-refractivity contribution in [3.05, 3.63) is 131 Å². The second-order valence-electron chi connectivity index (χ2n) is 10.1. The van der Waals surface area contributed by atoms with E-state index in [-0.39, 0.29) is 12.1 Å². The summed E-state index contributed by atoms with van der Waals surface area (Å²) in [6.45, 7) is 1.06. The summed E-state index contributed by atoms with van der Waals surface area (Å²) in [5.74, 6) is 1.47. The molecule has 4 aromatic carbocycles. The van der Waals surface area contributed by atoms with Crippen molar-refractivity contribution in [2.45, 2.75) is 24.9 Å². The van der Waals surface area contributed by atoms with Gasteiger partial charge in [0.2, 0.25) is 11.8 Å². The molecule has 0 amide bonds. The van der Waals surface area contributed by atoms with Gasteiger partial charge in [-0.1, -0.05) is 109 Å². The Morgan fingerprint density at radius 2 is 0.919 bits per heavy atom. The first kappa shape index (κ1) is 22.1. The molecule has 3 aliphatic rings. The van der Waals surface area contributed by atoms with Gasteiger partial charge in [0, 0.05) is 0 Å². The fourth-order valence-electron chi connectivity index (χ4n) is 5.94. The average Bonchev–Trinajstić information content (AvgIpc) is 3.63. The molecule has 7 rings (SSSR count). The highest BCUT2D eigenvalue weighted by Gasteiger charge is 2.50.